The zero-order valence-corrected chi connectivity index (χ0v) is 14.2. The van der Waals surface area contributed by atoms with Crippen molar-refractivity contribution >= 4 is 23.5 Å². The van der Waals surface area contributed by atoms with Crippen molar-refractivity contribution in [3.05, 3.63) is 29.3 Å². The van der Waals surface area contributed by atoms with E-state index >= 15 is 0 Å². The van der Waals surface area contributed by atoms with Crippen molar-refractivity contribution in [2.45, 2.75) is 32.6 Å². The molecular formula is C18H23N3O3. The van der Waals surface area contributed by atoms with Crippen molar-refractivity contribution in [1.82, 2.24) is 9.80 Å². The van der Waals surface area contributed by atoms with Gasteiger partial charge < -0.3 is 9.80 Å². The molecule has 0 bridgehead atoms. The van der Waals surface area contributed by atoms with Crippen LogP contribution in [0.5, 0.6) is 0 Å². The number of amides is 4. The Labute approximate surface area is 142 Å². The SMILES string of the molecule is Cc1ccc2c(c1)CCCN2C(=O)CCCN1C(=O)CN(C)C1=O. The molecule has 1 saturated heterocycles. The molecule has 2 heterocycles. The van der Waals surface area contributed by atoms with E-state index in [0.29, 0.717) is 19.4 Å². The molecule has 3 rings (SSSR count). The summed E-state index contributed by atoms with van der Waals surface area (Å²) in [6.45, 7) is 3.23. The van der Waals surface area contributed by atoms with Gasteiger partial charge >= 0.3 is 6.03 Å². The highest BCUT2D eigenvalue weighted by Crippen LogP contribution is 2.28. The van der Waals surface area contributed by atoms with E-state index in [0.717, 1.165) is 25.1 Å². The summed E-state index contributed by atoms with van der Waals surface area (Å²) in [6, 6.07) is 5.92. The van der Waals surface area contributed by atoms with Crippen LogP contribution in [0.15, 0.2) is 18.2 Å². The molecule has 6 heteroatoms. The molecule has 24 heavy (non-hydrogen) atoms. The Bertz CT molecular complexity index is 686. The monoisotopic (exact) mass is 329 g/mol. The average molecular weight is 329 g/mol. The van der Waals surface area contributed by atoms with Gasteiger partial charge in [0.25, 0.3) is 0 Å². The summed E-state index contributed by atoms with van der Waals surface area (Å²) < 4.78 is 0. The Morgan fingerprint density at radius 2 is 2.04 bits per heavy atom. The predicted octanol–water partition coefficient (Wildman–Crippen LogP) is 1.95. The zero-order chi connectivity index (χ0) is 17.3. The molecule has 2 aliphatic heterocycles. The molecule has 2 aliphatic rings. The van der Waals surface area contributed by atoms with Gasteiger partial charge in [-0.15, -0.1) is 0 Å². The number of hydrogen-bond acceptors (Lipinski definition) is 3. The molecule has 0 aliphatic carbocycles. The number of nitrogens with zero attached hydrogens (tertiary/aromatic N) is 3. The molecule has 6 nitrogen and oxygen atoms in total. The van der Waals surface area contributed by atoms with Gasteiger partial charge in [0, 0.05) is 32.2 Å². The Morgan fingerprint density at radius 3 is 2.75 bits per heavy atom. The van der Waals surface area contributed by atoms with Crippen LogP contribution in [0.2, 0.25) is 0 Å². The minimum absolute atomic E-state index is 0.0623. The number of carbonyl (C=O) groups excluding carboxylic acids is 3. The van der Waals surface area contributed by atoms with Gasteiger partial charge in [-0.05, 0) is 37.8 Å². The lowest BCUT2D eigenvalue weighted by Crippen LogP contribution is -2.37. The number of anilines is 1. The first-order chi connectivity index (χ1) is 11.5. The van der Waals surface area contributed by atoms with Crippen LogP contribution in [0.3, 0.4) is 0 Å². The summed E-state index contributed by atoms with van der Waals surface area (Å²) in [5.74, 6) is -0.124. The third-order valence-electron chi connectivity index (χ3n) is 4.66. The van der Waals surface area contributed by atoms with E-state index in [9.17, 15) is 14.4 Å². The van der Waals surface area contributed by atoms with Crippen molar-refractivity contribution < 1.29 is 14.4 Å². The number of fused-ring (bicyclic) bond motifs is 1. The zero-order valence-electron chi connectivity index (χ0n) is 14.2. The third-order valence-corrected chi connectivity index (χ3v) is 4.66. The van der Waals surface area contributed by atoms with E-state index in [2.05, 4.69) is 13.0 Å². The number of benzene rings is 1. The predicted molar refractivity (Wildman–Crippen MR) is 90.8 cm³/mol. The summed E-state index contributed by atoms with van der Waals surface area (Å²) in [6.07, 6.45) is 2.82. The molecule has 4 amide bonds. The van der Waals surface area contributed by atoms with Gasteiger partial charge in [0.05, 0.1) is 0 Å². The van der Waals surface area contributed by atoms with E-state index in [1.54, 1.807) is 7.05 Å². The number of hydrogen-bond donors (Lipinski definition) is 0. The number of carbonyl (C=O) groups is 3. The Morgan fingerprint density at radius 1 is 1.25 bits per heavy atom. The Hall–Kier alpha value is -2.37. The average Bonchev–Trinajstić information content (AvgIpc) is 2.80. The highest BCUT2D eigenvalue weighted by molar-refractivity contribution is 6.02. The maximum atomic E-state index is 12.6. The number of aryl methyl sites for hydroxylation is 2. The van der Waals surface area contributed by atoms with Crippen LogP contribution in [0.1, 0.15) is 30.4 Å². The highest BCUT2D eigenvalue weighted by Gasteiger charge is 2.33. The molecule has 128 valence electrons. The first kappa shape index (κ1) is 16.5. The lowest BCUT2D eigenvalue weighted by Gasteiger charge is -2.30. The van der Waals surface area contributed by atoms with Crippen molar-refractivity contribution in [3.63, 3.8) is 0 Å². The van der Waals surface area contributed by atoms with Gasteiger partial charge in [-0.25, -0.2) is 4.79 Å². The normalized spacial score (nSPS) is 17.5. The number of rotatable bonds is 4. The van der Waals surface area contributed by atoms with Gasteiger partial charge in [0.2, 0.25) is 11.8 Å². The molecule has 0 unspecified atom stereocenters. The number of imide groups is 1. The van der Waals surface area contributed by atoms with Gasteiger partial charge in [-0.1, -0.05) is 17.7 Å². The maximum absolute atomic E-state index is 12.6. The molecule has 0 radical (unpaired) electrons. The standard InChI is InChI=1S/C18H23N3O3/c1-13-7-8-15-14(11-13)5-3-9-20(15)16(22)6-4-10-21-17(23)12-19(2)18(21)24/h7-8,11H,3-6,9-10,12H2,1-2H3. The van der Waals surface area contributed by atoms with Gasteiger partial charge in [0.1, 0.15) is 6.54 Å². The fraction of sp³-hybridized carbons (Fsp3) is 0.500. The fourth-order valence-electron chi connectivity index (χ4n) is 3.40. The van der Waals surface area contributed by atoms with Crippen LogP contribution in [0, 0.1) is 6.92 Å². The summed E-state index contributed by atoms with van der Waals surface area (Å²) in [7, 11) is 1.61. The van der Waals surface area contributed by atoms with E-state index < -0.39 is 0 Å². The summed E-state index contributed by atoms with van der Waals surface area (Å²) in [5, 5.41) is 0. The summed E-state index contributed by atoms with van der Waals surface area (Å²) in [4.78, 5) is 40.6. The summed E-state index contributed by atoms with van der Waals surface area (Å²) >= 11 is 0. The largest absolute Gasteiger partial charge is 0.326 e. The lowest BCUT2D eigenvalue weighted by molar-refractivity contribution is -0.126. The van der Waals surface area contributed by atoms with Gasteiger partial charge in [0.15, 0.2) is 0 Å². The Balaban J connectivity index is 1.59. The lowest BCUT2D eigenvalue weighted by atomic mass is 9.99. The third kappa shape index (κ3) is 3.13. The molecule has 0 N–H and O–H groups in total. The smallest absolute Gasteiger partial charge is 0.318 e. The van der Waals surface area contributed by atoms with Crippen molar-refractivity contribution in [1.29, 1.82) is 0 Å². The molecule has 0 aromatic heterocycles. The molecule has 1 fully saturated rings. The van der Waals surface area contributed by atoms with E-state index in [1.165, 1.54) is 20.9 Å². The second kappa shape index (κ2) is 6.63. The van der Waals surface area contributed by atoms with Crippen LogP contribution >= 0.6 is 0 Å². The van der Waals surface area contributed by atoms with Crippen LogP contribution in [-0.2, 0) is 16.0 Å². The minimum Gasteiger partial charge on any atom is -0.318 e. The molecular weight excluding hydrogens is 306 g/mol. The van der Waals surface area contributed by atoms with E-state index in [4.69, 9.17) is 0 Å². The highest BCUT2D eigenvalue weighted by atomic mass is 16.2. The number of likely N-dealkylation sites (N-methyl/N-ethyl adjacent to an activating group) is 1. The van der Waals surface area contributed by atoms with Crippen molar-refractivity contribution in [3.8, 4) is 0 Å². The quantitative estimate of drug-likeness (QED) is 0.793. The summed E-state index contributed by atoms with van der Waals surface area (Å²) in [5.41, 5.74) is 3.43. The molecule has 0 spiro atoms. The van der Waals surface area contributed by atoms with E-state index in [1.807, 2.05) is 17.0 Å². The van der Waals surface area contributed by atoms with E-state index in [-0.39, 0.29) is 24.4 Å². The maximum Gasteiger partial charge on any atom is 0.326 e. The topological polar surface area (TPSA) is 60.9 Å². The van der Waals surface area contributed by atoms with Gasteiger partial charge in [-0.2, -0.15) is 0 Å². The first-order valence-corrected chi connectivity index (χ1v) is 8.42. The molecule has 1 aromatic rings. The van der Waals surface area contributed by atoms with Crippen LogP contribution in [-0.4, -0.2) is 54.3 Å². The Kier molecular flexibility index (Phi) is 4.55. The first-order valence-electron chi connectivity index (χ1n) is 8.42. The molecule has 0 saturated carbocycles. The van der Waals surface area contributed by atoms with Crippen LogP contribution in [0.25, 0.3) is 0 Å². The van der Waals surface area contributed by atoms with Crippen LogP contribution in [0.4, 0.5) is 10.5 Å². The number of urea groups is 1. The fourth-order valence-corrected chi connectivity index (χ4v) is 3.40. The second-order valence-corrected chi connectivity index (χ2v) is 6.57. The second-order valence-electron chi connectivity index (χ2n) is 6.57. The minimum atomic E-state index is -0.272. The van der Waals surface area contributed by atoms with Crippen LogP contribution < -0.4 is 4.90 Å². The van der Waals surface area contributed by atoms with Crippen molar-refractivity contribution in [2.24, 2.45) is 0 Å². The molecule has 0 atom stereocenters. The van der Waals surface area contributed by atoms with Crippen molar-refractivity contribution in [2.75, 3.05) is 31.6 Å². The molecule has 1 aromatic carbocycles. The van der Waals surface area contributed by atoms with Gasteiger partial charge in [-0.3, -0.25) is 14.5 Å².